The average molecular weight is 288 g/mol. The predicted molar refractivity (Wildman–Crippen MR) is 78.7 cm³/mol. The first-order chi connectivity index (χ1) is 10.0. The van der Waals surface area contributed by atoms with E-state index in [0.29, 0.717) is 18.5 Å². The van der Waals surface area contributed by atoms with Gasteiger partial charge >= 0.3 is 5.97 Å². The lowest BCUT2D eigenvalue weighted by atomic mass is 9.94. The summed E-state index contributed by atoms with van der Waals surface area (Å²) in [6.45, 7) is 0. The largest absolute Gasteiger partial charge is 0.481 e. The Balaban J connectivity index is 1.66. The molecule has 0 spiro atoms. The molecule has 5 nitrogen and oxygen atoms in total. The fourth-order valence-corrected chi connectivity index (χ4v) is 3.23. The number of nitrogens with two attached hydrogens (primary N) is 1. The normalized spacial score (nSPS) is 26.3. The number of carboxylic acid groups (broad SMARTS) is 1. The molecule has 0 heterocycles. The number of hydrogen-bond donors (Lipinski definition) is 3. The lowest BCUT2D eigenvalue weighted by Crippen LogP contribution is -2.40. The highest BCUT2D eigenvalue weighted by molar-refractivity contribution is 5.91. The predicted octanol–water partition coefficient (Wildman–Crippen LogP) is 1.67. The third kappa shape index (κ3) is 2.60. The van der Waals surface area contributed by atoms with E-state index in [1.54, 1.807) is 0 Å². The van der Waals surface area contributed by atoms with Gasteiger partial charge in [-0.15, -0.1) is 0 Å². The Morgan fingerprint density at radius 3 is 2.38 bits per heavy atom. The minimum absolute atomic E-state index is 0.00939. The van der Waals surface area contributed by atoms with Gasteiger partial charge in [-0.05, 0) is 49.8 Å². The lowest BCUT2D eigenvalue weighted by molar-refractivity contribution is -0.141. The molecule has 21 heavy (non-hydrogen) atoms. The van der Waals surface area contributed by atoms with Gasteiger partial charge in [0.2, 0.25) is 5.91 Å². The zero-order chi connectivity index (χ0) is 15.0. The van der Waals surface area contributed by atoms with Crippen LogP contribution in [-0.2, 0) is 15.0 Å². The Kier molecular flexibility index (Phi) is 3.35. The Bertz CT molecular complexity index is 563. The van der Waals surface area contributed by atoms with Gasteiger partial charge in [0.1, 0.15) is 0 Å². The molecule has 1 amide bonds. The molecule has 2 saturated carbocycles. The molecular weight excluding hydrogens is 268 g/mol. The number of benzene rings is 1. The van der Waals surface area contributed by atoms with Gasteiger partial charge < -0.3 is 16.2 Å². The van der Waals surface area contributed by atoms with E-state index in [1.807, 2.05) is 24.3 Å². The highest BCUT2D eigenvalue weighted by Gasteiger charge is 2.51. The monoisotopic (exact) mass is 288 g/mol. The van der Waals surface area contributed by atoms with Crippen LogP contribution >= 0.6 is 0 Å². The molecule has 0 saturated heterocycles. The zero-order valence-electron chi connectivity index (χ0n) is 11.8. The molecule has 5 heteroatoms. The third-order valence-corrected chi connectivity index (χ3v) is 4.76. The Morgan fingerprint density at radius 2 is 1.86 bits per heavy atom. The first kappa shape index (κ1) is 13.9. The van der Waals surface area contributed by atoms with Gasteiger partial charge in [0.05, 0.1) is 11.3 Å². The van der Waals surface area contributed by atoms with Crippen molar-refractivity contribution < 1.29 is 14.7 Å². The van der Waals surface area contributed by atoms with Gasteiger partial charge in [-0.25, -0.2) is 0 Å². The summed E-state index contributed by atoms with van der Waals surface area (Å²) in [4.78, 5) is 23.5. The first-order valence-electron chi connectivity index (χ1n) is 7.41. The summed E-state index contributed by atoms with van der Waals surface area (Å²) in [6.07, 6.45) is 3.63. The van der Waals surface area contributed by atoms with Crippen LogP contribution in [0.2, 0.25) is 0 Å². The molecule has 1 aromatic rings. The third-order valence-electron chi connectivity index (χ3n) is 4.76. The van der Waals surface area contributed by atoms with Crippen LogP contribution < -0.4 is 11.1 Å². The van der Waals surface area contributed by atoms with Crippen LogP contribution in [0, 0.1) is 5.92 Å². The number of hydrogen-bond acceptors (Lipinski definition) is 3. The van der Waals surface area contributed by atoms with Crippen LogP contribution in [0.5, 0.6) is 0 Å². The van der Waals surface area contributed by atoms with Gasteiger partial charge in [-0.1, -0.05) is 12.1 Å². The standard InChI is InChI=1S/C16H20N2O3/c17-12-4-2-11(3-5-12)16(7-8-16)15(21)18-13-6-1-10(9-13)14(19)20/h2-5,10,13H,1,6-9,17H2,(H,18,21)(H,19,20)/t10-,13+/m1/s1. The second-order valence-corrected chi connectivity index (χ2v) is 6.22. The van der Waals surface area contributed by atoms with Gasteiger partial charge in [0.25, 0.3) is 0 Å². The van der Waals surface area contributed by atoms with E-state index in [9.17, 15) is 9.59 Å². The van der Waals surface area contributed by atoms with Gasteiger partial charge in [-0.2, -0.15) is 0 Å². The molecule has 0 aromatic heterocycles. The van der Waals surface area contributed by atoms with Crippen LogP contribution in [0.1, 0.15) is 37.7 Å². The fourth-order valence-electron chi connectivity index (χ4n) is 3.23. The van der Waals surface area contributed by atoms with E-state index < -0.39 is 11.4 Å². The molecule has 2 aliphatic carbocycles. The molecule has 2 aliphatic rings. The quantitative estimate of drug-likeness (QED) is 0.735. The van der Waals surface area contributed by atoms with Crippen molar-refractivity contribution in [3.8, 4) is 0 Å². The van der Waals surface area contributed by atoms with E-state index in [1.165, 1.54) is 0 Å². The number of rotatable bonds is 4. The molecule has 2 atom stereocenters. The van der Waals surface area contributed by atoms with Crippen LogP contribution in [-0.4, -0.2) is 23.0 Å². The number of anilines is 1. The molecular formula is C16H20N2O3. The summed E-state index contributed by atoms with van der Waals surface area (Å²) in [6, 6.07) is 7.45. The molecule has 112 valence electrons. The summed E-state index contributed by atoms with van der Waals surface area (Å²) in [5.41, 5.74) is 6.96. The number of carbonyl (C=O) groups excluding carboxylic acids is 1. The minimum Gasteiger partial charge on any atom is -0.481 e. The van der Waals surface area contributed by atoms with Crippen molar-refractivity contribution in [1.29, 1.82) is 0 Å². The van der Waals surface area contributed by atoms with Gasteiger partial charge in [0, 0.05) is 11.7 Å². The molecule has 4 N–H and O–H groups in total. The van der Waals surface area contributed by atoms with Gasteiger partial charge in [0.15, 0.2) is 0 Å². The Morgan fingerprint density at radius 1 is 1.19 bits per heavy atom. The Hall–Kier alpha value is -2.04. The summed E-state index contributed by atoms with van der Waals surface area (Å²) in [7, 11) is 0. The maximum Gasteiger partial charge on any atom is 0.306 e. The minimum atomic E-state index is -0.758. The molecule has 0 radical (unpaired) electrons. The topological polar surface area (TPSA) is 92.4 Å². The maximum absolute atomic E-state index is 12.6. The number of nitrogen functional groups attached to an aromatic ring is 1. The molecule has 2 fully saturated rings. The number of carbonyl (C=O) groups is 2. The highest BCUT2D eigenvalue weighted by atomic mass is 16.4. The van der Waals surface area contributed by atoms with Crippen molar-refractivity contribution >= 4 is 17.6 Å². The van der Waals surface area contributed by atoms with E-state index in [2.05, 4.69) is 5.32 Å². The summed E-state index contributed by atoms with van der Waals surface area (Å²) < 4.78 is 0. The van der Waals surface area contributed by atoms with E-state index in [0.717, 1.165) is 24.8 Å². The van der Waals surface area contributed by atoms with Crippen LogP contribution in [0.25, 0.3) is 0 Å². The lowest BCUT2D eigenvalue weighted by Gasteiger charge is -2.19. The SMILES string of the molecule is Nc1ccc(C2(C(=O)N[C@H]3CC[C@@H](C(=O)O)C3)CC2)cc1. The van der Waals surface area contributed by atoms with E-state index in [4.69, 9.17) is 10.8 Å². The van der Waals surface area contributed by atoms with Crippen LogP contribution in [0.3, 0.4) is 0 Å². The van der Waals surface area contributed by atoms with Crippen molar-refractivity contribution in [2.24, 2.45) is 5.92 Å². The fraction of sp³-hybridized carbons (Fsp3) is 0.500. The molecule has 0 unspecified atom stereocenters. The van der Waals surface area contributed by atoms with Crippen molar-refractivity contribution in [2.45, 2.75) is 43.6 Å². The molecule has 0 aliphatic heterocycles. The van der Waals surface area contributed by atoms with E-state index in [-0.39, 0.29) is 17.9 Å². The number of carboxylic acids is 1. The van der Waals surface area contributed by atoms with Crippen molar-refractivity contribution in [3.63, 3.8) is 0 Å². The molecule has 0 bridgehead atoms. The zero-order valence-corrected chi connectivity index (χ0v) is 11.8. The first-order valence-corrected chi connectivity index (χ1v) is 7.41. The number of amides is 1. The second kappa shape index (κ2) is 5.06. The average Bonchev–Trinajstić information content (AvgIpc) is 3.13. The summed E-state index contributed by atoms with van der Waals surface area (Å²) >= 11 is 0. The molecule has 3 rings (SSSR count). The second-order valence-electron chi connectivity index (χ2n) is 6.22. The number of nitrogens with one attached hydrogen (secondary N) is 1. The van der Waals surface area contributed by atoms with Crippen molar-refractivity contribution in [3.05, 3.63) is 29.8 Å². The van der Waals surface area contributed by atoms with E-state index >= 15 is 0 Å². The van der Waals surface area contributed by atoms with Crippen LogP contribution in [0.4, 0.5) is 5.69 Å². The highest BCUT2D eigenvalue weighted by Crippen LogP contribution is 2.48. The molecule has 1 aromatic carbocycles. The van der Waals surface area contributed by atoms with Crippen molar-refractivity contribution in [2.75, 3.05) is 5.73 Å². The van der Waals surface area contributed by atoms with Crippen LogP contribution in [0.15, 0.2) is 24.3 Å². The number of aliphatic carboxylic acids is 1. The van der Waals surface area contributed by atoms with Crippen molar-refractivity contribution in [1.82, 2.24) is 5.32 Å². The maximum atomic E-state index is 12.6. The smallest absolute Gasteiger partial charge is 0.306 e. The van der Waals surface area contributed by atoms with Gasteiger partial charge in [-0.3, -0.25) is 9.59 Å². The Labute approximate surface area is 123 Å². The summed E-state index contributed by atoms with van der Waals surface area (Å²) in [5.74, 6) is -1.04. The summed E-state index contributed by atoms with van der Waals surface area (Å²) in [5, 5.41) is 12.1.